The Balaban J connectivity index is 2.76. The molecule has 0 unspecified atom stereocenters. The number of hydrogen-bond donors (Lipinski definition) is 0. The summed E-state index contributed by atoms with van der Waals surface area (Å²) in [6.07, 6.45) is 4.20. The van der Waals surface area contributed by atoms with Gasteiger partial charge in [-0.15, -0.1) is 0 Å². The minimum Gasteiger partial charge on any atom is -0.496 e. The molecule has 0 amide bonds. The number of benzene rings is 1. The Morgan fingerprint density at radius 2 is 2.20 bits per heavy atom. The first-order valence-electron chi connectivity index (χ1n) is 5.11. The molecule has 0 aliphatic heterocycles. The second-order valence-corrected chi connectivity index (χ2v) is 4.03. The van der Waals surface area contributed by atoms with Crippen molar-refractivity contribution in [3.05, 3.63) is 40.4 Å². The lowest BCUT2D eigenvalue weighted by atomic mass is 10.0. The molecule has 0 saturated carbocycles. The maximum absolute atomic E-state index is 5.89. The van der Waals surface area contributed by atoms with Gasteiger partial charge in [-0.1, -0.05) is 29.3 Å². The highest BCUT2D eigenvalue weighted by Crippen LogP contribution is 2.24. The molecule has 2 heteroatoms. The van der Waals surface area contributed by atoms with Crippen LogP contribution < -0.4 is 4.74 Å². The number of ether oxygens (including phenoxy) is 1. The maximum Gasteiger partial charge on any atom is 0.123 e. The van der Waals surface area contributed by atoms with E-state index in [0.29, 0.717) is 0 Å². The van der Waals surface area contributed by atoms with Gasteiger partial charge in [0.1, 0.15) is 5.75 Å². The van der Waals surface area contributed by atoms with Crippen molar-refractivity contribution in [3.63, 3.8) is 0 Å². The predicted molar refractivity (Wildman–Crippen MR) is 65.8 cm³/mol. The van der Waals surface area contributed by atoms with E-state index in [1.54, 1.807) is 7.11 Å². The highest BCUT2D eigenvalue weighted by molar-refractivity contribution is 6.30. The SMILES string of the molecule is C/C=C(/C)CCc1ccc(Cl)cc1OC. The summed E-state index contributed by atoms with van der Waals surface area (Å²) in [6, 6.07) is 5.80. The third-order valence-electron chi connectivity index (χ3n) is 2.53. The second kappa shape index (κ2) is 5.82. The van der Waals surface area contributed by atoms with E-state index in [9.17, 15) is 0 Å². The van der Waals surface area contributed by atoms with Crippen molar-refractivity contribution in [2.24, 2.45) is 0 Å². The third-order valence-corrected chi connectivity index (χ3v) is 2.77. The average molecular weight is 225 g/mol. The molecule has 0 atom stereocenters. The molecule has 0 N–H and O–H groups in total. The first kappa shape index (κ1) is 12.1. The predicted octanol–water partition coefficient (Wildman–Crippen LogP) is 4.25. The molecule has 0 saturated heterocycles. The van der Waals surface area contributed by atoms with Crippen LogP contribution in [0.15, 0.2) is 29.8 Å². The number of allylic oxidation sites excluding steroid dienone is 2. The smallest absolute Gasteiger partial charge is 0.123 e. The van der Waals surface area contributed by atoms with Gasteiger partial charge < -0.3 is 4.74 Å². The van der Waals surface area contributed by atoms with Gasteiger partial charge in [0.15, 0.2) is 0 Å². The Morgan fingerprint density at radius 1 is 1.47 bits per heavy atom. The summed E-state index contributed by atoms with van der Waals surface area (Å²) in [6.45, 7) is 4.21. The Bertz CT molecular complexity index is 356. The van der Waals surface area contributed by atoms with Gasteiger partial charge in [-0.3, -0.25) is 0 Å². The second-order valence-electron chi connectivity index (χ2n) is 3.59. The number of hydrogen-bond acceptors (Lipinski definition) is 1. The van der Waals surface area contributed by atoms with E-state index < -0.39 is 0 Å². The molecule has 0 aliphatic carbocycles. The summed E-state index contributed by atoms with van der Waals surface area (Å²) in [4.78, 5) is 0. The largest absolute Gasteiger partial charge is 0.496 e. The normalized spacial score (nSPS) is 11.6. The van der Waals surface area contributed by atoms with Crippen molar-refractivity contribution in [2.45, 2.75) is 26.7 Å². The molecule has 0 fully saturated rings. The molecule has 82 valence electrons. The number of rotatable bonds is 4. The van der Waals surface area contributed by atoms with Crippen LogP contribution in [0.3, 0.4) is 0 Å². The minimum absolute atomic E-state index is 0.721. The fraction of sp³-hybridized carbons (Fsp3) is 0.385. The van der Waals surface area contributed by atoms with Gasteiger partial charge in [-0.2, -0.15) is 0 Å². The lowest BCUT2D eigenvalue weighted by Gasteiger charge is -2.08. The van der Waals surface area contributed by atoms with Gasteiger partial charge >= 0.3 is 0 Å². The summed E-state index contributed by atoms with van der Waals surface area (Å²) in [5, 5.41) is 0.721. The summed E-state index contributed by atoms with van der Waals surface area (Å²) in [7, 11) is 1.68. The minimum atomic E-state index is 0.721. The first-order chi connectivity index (χ1) is 7.17. The average Bonchev–Trinajstić information content (AvgIpc) is 2.26. The van der Waals surface area contributed by atoms with Crippen LogP contribution in [-0.2, 0) is 6.42 Å². The molecule has 0 aromatic heterocycles. The Kier molecular flexibility index (Phi) is 4.70. The zero-order chi connectivity index (χ0) is 11.3. The van der Waals surface area contributed by atoms with E-state index in [2.05, 4.69) is 19.9 Å². The fourth-order valence-corrected chi connectivity index (χ4v) is 1.56. The van der Waals surface area contributed by atoms with Gasteiger partial charge in [-0.05, 0) is 44.4 Å². The fourth-order valence-electron chi connectivity index (χ4n) is 1.40. The first-order valence-corrected chi connectivity index (χ1v) is 5.49. The van der Waals surface area contributed by atoms with Crippen molar-refractivity contribution in [1.82, 2.24) is 0 Å². The van der Waals surface area contributed by atoms with Crippen molar-refractivity contribution >= 4 is 11.6 Å². The van der Waals surface area contributed by atoms with Gasteiger partial charge in [0.05, 0.1) is 7.11 Å². The number of halogens is 1. The molecule has 0 bridgehead atoms. The van der Waals surface area contributed by atoms with Crippen LogP contribution in [0.5, 0.6) is 5.75 Å². The van der Waals surface area contributed by atoms with E-state index in [1.807, 2.05) is 18.2 Å². The van der Waals surface area contributed by atoms with Crippen molar-refractivity contribution in [1.29, 1.82) is 0 Å². The van der Waals surface area contributed by atoms with Gasteiger partial charge in [0.25, 0.3) is 0 Å². The zero-order valence-electron chi connectivity index (χ0n) is 9.51. The standard InChI is InChI=1S/C13H17ClO/c1-4-10(2)5-6-11-7-8-12(14)9-13(11)15-3/h4,7-9H,5-6H2,1-3H3/b10-4-. The highest BCUT2D eigenvalue weighted by Gasteiger charge is 2.03. The molecule has 1 rings (SSSR count). The van der Waals surface area contributed by atoms with Gasteiger partial charge in [0.2, 0.25) is 0 Å². The number of aryl methyl sites for hydroxylation is 1. The molecule has 1 aromatic carbocycles. The van der Waals surface area contributed by atoms with Crippen LogP contribution in [0, 0.1) is 0 Å². The van der Waals surface area contributed by atoms with Crippen LogP contribution in [-0.4, -0.2) is 7.11 Å². The van der Waals surface area contributed by atoms with E-state index >= 15 is 0 Å². The third kappa shape index (κ3) is 3.60. The summed E-state index contributed by atoms with van der Waals surface area (Å²) >= 11 is 5.89. The highest BCUT2D eigenvalue weighted by atomic mass is 35.5. The van der Waals surface area contributed by atoms with Crippen molar-refractivity contribution in [2.75, 3.05) is 7.11 Å². The van der Waals surface area contributed by atoms with E-state index in [1.165, 1.54) is 11.1 Å². The lowest BCUT2D eigenvalue weighted by Crippen LogP contribution is -1.93. The van der Waals surface area contributed by atoms with E-state index in [-0.39, 0.29) is 0 Å². The Labute approximate surface area is 96.7 Å². The molecule has 0 heterocycles. The molecule has 15 heavy (non-hydrogen) atoms. The van der Waals surface area contributed by atoms with Gasteiger partial charge in [0, 0.05) is 5.02 Å². The van der Waals surface area contributed by atoms with Crippen LogP contribution in [0.2, 0.25) is 5.02 Å². The topological polar surface area (TPSA) is 9.23 Å². The number of methoxy groups -OCH3 is 1. The van der Waals surface area contributed by atoms with Crippen LogP contribution >= 0.6 is 11.6 Å². The monoisotopic (exact) mass is 224 g/mol. The van der Waals surface area contributed by atoms with Crippen LogP contribution in [0.25, 0.3) is 0 Å². The summed E-state index contributed by atoms with van der Waals surface area (Å²) in [5.74, 6) is 0.881. The van der Waals surface area contributed by atoms with Crippen LogP contribution in [0.1, 0.15) is 25.8 Å². The summed E-state index contributed by atoms with van der Waals surface area (Å²) < 4.78 is 5.29. The van der Waals surface area contributed by atoms with E-state index in [0.717, 1.165) is 23.6 Å². The quantitative estimate of drug-likeness (QED) is 0.695. The molecular formula is C13H17ClO. The van der Waals surface area contributed by atoms with Crippen LogP contribution in [0.4, 0.5) is 0 Å². The molecule has 1 aromatic rings. The van der Waals surface area contributed by atoms with Crippen molar-refractivity contribution in [3.8, 4) is 5.75 Å². The lowest BCUT2D eigenvalue weighted by molar-refractivity contribution is 0.409. The summed E-state index contributed by atoms with van der Waals surface area (Å²) in [5.41, 5.74) is 2.61. The molecular weight excluding hydrogens is 208 g/mol. The zero-order valence-corrected chi connectivity index (χ0v) is 10.3. The maximum atomic E-state index is 5.89. The molecule has 0 radical (unpaired) electrons. The van der Waals surface area contributed by atoms with Crippen molar-refractivity contribution < 1.29 is 4.74 Å². The molecule has 0 spiro atoms. The van der Waals surface area contributed by atoms with E-state index in [4.69, 9.17) is 16.3 Å². The molecule has 1 nitrogen and oxygen atoms in total. The van der Waals surface area contributed by atoms with Gasteiger partial charge in [-0.25, -0.2) is 0 Å². The Hall–Kier alpha value is -0.950. The molecule has 0 aliphatic rings. The Morgan fingerprint density at radius 3 is 2.80 bits per heavy atom.